The van der Waals surface area contributed by atoms with Crippen LogP contribution >= 0.6 is 11.3 Å². The molecule has 0 saturated heterocycles. The molecule has 0 amide bonds. The molecule has 3 aromatic rings. The predicted octanol–water partition coefficient (Wildman–Crippen LogP) is 6.99. The molecule has 4 rings (SSSR count). The van der Waals surface area contributed by atoms with Gasteiger partial charge in [-0.1, -0.05) is 90.1 Å². The minimum atomic E-state index is -0.282. The summed E-state index contributed by atoms with van der Waals surface area (Å²) in [7, 11) is 0. The smallest absolute Gasteiger partial charge is 0.215 e. The third-order valence-electron chi connectivity index (χ3n) is 5.73. The van der Waals surface area contributed by atoms with Gasteiger partial charge in [0.25, 0.3) is 0 Å². The molecule has 0 radical (unpaired) electrons. The zero-order valence-corrected chi connectivity index (χ0v) is 21.5. The second-order valence-corrected chi connectivity index (χ2v) is 11.3. The van der Waals surface area contributed by atoms with E-state index >= 15 is 0 Å². The highest BCUT2D eigenvalue weighted by Crippen LogP contribution is 2.37. The van der Waals surface area contributed by atoms with Gasteiger partial charge in [0.1, 0.15) is 0 Å². The summed E-state index contributed by atoms with van der Waals surface area (Å²) in [5, 5.41) is 11.4. The topological polar surface area (TPSA) is 46.7 Å². The minimum Gasteiger partial charge on any atom is -0.289 e. The molecule has 0 spiro atoms. The Morgan fingerprint density at radius 3 is 1.79 bits per heavy atom. The molecular formula is C29H31N3OS. The van der Waals surface area contributed by atoms with Gasteiger partial charge in [0.2, 0.25) is 4.80 Å². The van der Waals surface area contributed by atoms with Crippen LogP contribution in [0, 0.1) is 10.8 Å². The largest absolute Gasteiger partial charge is 0.289 e. The maximum Gasteiger partial charge on any atom is 0.215 e. The maximum atomic E-state index is 13.2. The van der Waals surface area contributed by atoms with Crippen LogP contribution in [0.25, 0.3) is 16.9 Å². The van der Waals surface area contributed by atoms with Crippen LogP contribution in [0.5, 0.6) is 0 Å². The van der Waals surface area contributed by atoms with Crippen molar-refractivity contribution in [3.63, 3.8) is 0 Å². The molecule has 1 heterocycles. The normalized spacial score (nSPS) is 15.3. The Labute approximate surface area is 205 Å². The molecule has 0 bridgehead atoms. The summed E-state index contributed by atoms with van der Waals surface area (Å²) in [5.41, 5.74) is 4.87. The van der Waals surface area contributed by atoms with Crippen molar-refractivity contribution in [1.29, 1.82) is 0 Å². The van der Waals surface area contributed by atoms with Gasteiger partial charge < -0.3 is 0 Å². The Hall–Kier alpha value is -3.31. The summed E-state index contributed by atoms with van der Waals surface area (Å²) in [4.78, 5) is 14.0. The molecule has 5 heteroatoms. The molecule has 2 aromatic carbocycles. The standard InChI is InChI=1S/C29H31N3OS/c1-28(2,3)23-17-21(18-24(26(23)33)29(4,5)6)30-31-27-32(22-15-11-8-12-16-22)25(19-34-27)20-13-9-7-10-14-20/h7-19H,1-6H3/b31-27-. The molecule has 0 aliphatic heterocycles. The molecule has 0 N–H and O–H groups in total. The Kier molecular flexibility index (Phi) is 6.41. The number of aromatic nitrogens is 1. The van der Waals surface area contributed by atoms with Crippen molar-refractivity contribution in [2.45, 2.75) is 41.5 Å². The fraction of sp³-hybridized carbons (Fsp3) is 0.276. The van der Waals surface area contributed by atoms with Crippen LogP contribution in [-0.2, 0) is 4.79 Å². The quantitative estimate of drug-likeness (QED) is 0.301. The summed E-state index contributed by atoms with van der Waals surface area (Å²) < 4.78 is 2.13. The fourth-order valence-electron chi connectivity index (χ4n) is 3.90. The van der Waals surface area contributed by atoms with Gasteiger partial charge in [-0.05, 0) is 40.7 Å². The minimum absolute atomic E-state index is 0.0980. The van der Waals surface area contributed by atoms with Gasteiger partial charge in [-0.15, -0.1) is 21.5 Å². The SMILES string of the molecule is CC(C)(C)C1=CC(=N/N=c2\scc(-c3ccccc3)n2-c2ccccc2)C=C(C(C)(C)C)C1=O. The molecule has 4 nitrogen and oxygen atoms in total. The van der Waals surface area contributed by atoms with Gasteiger partial charge in [-0.25, -0.2) is 0 Å². The molecule has 0 fully saturated rings. The van der Waals surface area contributed by atoms with Crippen LogP contribution in [0.4, 0.5) is 0 Å². The highest BCUT2D eigenvalue weighted by Gasteiger charge is 2.34. The van der Waals surface area contributed by atoms with Crippen molar-refractivity contribution in [3.05, 3.63) is 94.1 Å². The Bertz CT molecular complexity index is 1320. The summed E-state index contributed by atoms with van der Waals surface area (Å²) in [5.74, 6) is 0.0980. The van der Waals surface area contributed by atoms with Crippen LogP contribution in [-0.4, -0.2) is 16.1 Å². The van der Waals surface area contributed by atoms with Gasteiger partial charge >= 0.3 is 0 Å². The van der Waals surface area contributed by atoms with E-state index in [0.717, 1.165) is 32.9 Å². The number of thiazole rings is 1. The number of rotatable bonds is 3. The number of benzene rings is 2. The number of nitrogens with zero attached hydrogens (tertiary/aromatic N) is 3. The lowest BCUT2D eigenvalue weighted by atomic mass is 9.72. The first-order valence-electron chi connectivity index (χ1n) is 11.5. The summed E-state index contributed by atoms with van der Waals surface area (Å²) in [6.07, 6.45) is 3.78. The van der Waals surface area contributed by atoms with E-state index < -0.39 is 0 Å². The van der Waals surface area contributed by atoms with E-state index in [-0.39, 0.29) is 16.6 Å². The lowest BCUT2D eigenvalue weighted by molar-refractivity contribution is -0.114. The second-order valence-electron chi connectivity index (χ2n) is 10.5. The molecule has 0 unspecified atom stereocenters. The monoisotopic (exact) mass is 469 g/mol. The molecule has 0 atom stereocenters. The van der Waals surface area contributed by atoms with Crippen molar-refractivity contribution < 1.29 is 4.79 Å². The van der Waals surface area contributed by atoms with Crippen molar-refractivity contribution in [3.8, 4) is 16.9 Å². The first-order valence-corrected chi connectivity index (χ1v) is 12.4. The van der Waals surface area contributed by atoms with Crippen molar-refractivity contribution in [1.82, 2.24) is 4.57 Å². The molecule has 0 saturated carbocycles. The number of Topliss-reactive ketones (excluding diaryl/α,β-unsaturated/α-hetero) is 1. The van der Waals surface area contributed by atoms with E-state index in [1.54, 1.807) is 11.3 Å². The zero-order valence-electron chi connectivity index (χ0n) is 20.7. The fourth-order valence-corrected chi connectivity index (χ4v) is 4.76. The lowest BCUT2D eigenvalue weighted by Gasteiger charge is -2.30. The first kappa shape index (κ1) is 23.8. The highest BCUT2D eigenvalue weighted by molar-refractivity contribution is 7.07. The molecular weight excluding hydrogens is 438 g/mol. The number of ketones is 1. The summed E-state index contributed by atoms with van der Waals surface area (Å²) >= 11 is 1.55. The summed E-state index contributed by atoms with van der Waals surface area (Å²) in [6.45, 7) is 12.4. The average Bonchev–Trinajstić information content (AvgIpc) is 3.22. The zero-order chi connectivity index (χ0) is 24.5. The third-order valence-corrected chi connectivity index (χ3v) is 6.55. The van der Waals surface area contributed by atoms with Crippen molar-refractivity contribution in [2.24, 2.45) is 21.0 Å². The van der Waals surface area contributed by atoms with Gasteiger partial charge in [-0.3, -0.25) is 9.36 Å². The van der Waals surface area contributed by atoms with Gasteiger partial charge in [-0.2, -0.15) is 0 Å². The van der Waals surface area contributed by atoms with E-state index in [9.17, 15) is 4.79 Å². The second kappa shape index (κ2) is 9.15. The predicted molar refractivity (Wildman–Crippen MR) is 142 cm³/mol. The lowest BCUT2D eigenvalue weighted by Crippen LogP contribution is -2.29. The highest BCUT2D eigenvalue weighted by atomic mass is 32.1. The van der Waals surface area contributed by atoms with Crippen LogP contribution in [0.15, 0.2) is 99.5 Å². The van der Waals surface area contributed by atoms with Gasteiger partial charge in [0.15, 0.2) is 5.78 Å². The van der Waals surface area contributed by atoms with Crippen LogP contribution in [0.2, 0.25) is 0 Å². The Morgan fingerprint density at radius 2 is 1.26 bits per heavy atom. The number of hydrogen-bond donors (Lipinski definition) is 0. The van der Waals surface area contributed by atoms with Gasteiger partial charge in [0.05, 0.1) is 11.4 Å². The molecule has 34 heavy (non-hydrogen) atoms. The third kappa shape index (κ3) is 4.95. The molecule has 174 valence electrons. The van der Waals surface area contributed by atoms with E-state index in [4.69, 9.17) is 0 Å². The number of allylic oxidation sites excluding steroid dienone is 4. The van der Waals surface area contributed by atoms with Crippen molar-refractivity contribution in [2.75, 3.05) is 0 Å². The van der Waals surface area contributed by atoms with E-state index in [0.29, 0.717) is 5.71 Å². The number of carbonyl (C=O) groups is 1. The molecule has 1 aliphatic carbocycles. The van der Waals surface area contributed by atoms with Crippen LogP contribution < -0.4 is 4.80 Å². The Balaban J connectivity index is 1.90. The number of carbonyl (C=O) groups excluding carboxylic acids is 1. The van der Waals surface area contributed by atoms with Crippen LogP contribution in [0.3, 0.4) is 0 Å². The molecule has 1 aliphatic rings. The first-order chi connectivity index (χ1) is 16.1. The van der Waals surface area contributed by atoms with E-state index in [1.807, 2.05) is 48.6 Å². The number of hydrogen-bond acceptors (Lipinski definition) is 4. The van der Waals surface area contributed by atoms with Crippen molar-refractivity contribution >= 4 is 22.8 Å². The van der Waals surface area contributed by atoms with Gasteiger partial charge in [0, 0.05) is 22.2 Å². The maximum absolute atomic E-state index is 13.2. The van der Waals surface area contributed by atoms with Crippen LogP contribution in [0.1, 0.15) is 41.5 Å². The van der Waals surface area contributed by atoms with E-state index in [2.05, 4.69) is 86.0 Å². The summed E-state index contributed by atoms with van der Waals surface area (Å²) in [6, 6.07) is 20.5. The Morgan fingerprint density at radius 1 is 0.735 bits per heavy atom. The van der Waals surface area contributed by atoms with E-state index in [1.165, 1.54) is 0 Å². The molecule has 1 aromatic heterocycles. The average molecular weight is 470 g/mol. The number of para-hydroxylation sites is 1.